The van der Waals surface area contributed by atoms with Gasteiger partial charge in [-0.2, -0.15) is 11.8 Å². The predicted molar refractivity (Wildman–Crippen MR) is 146 cm³/mol. The van der Waals surface area contributed by atoms with E-state index in [0.717, 1.165) is 48.9 Å². The number of pyridine rings is 1. The molecule has 0 aliphatic carbocycles. The van der Waals surface area contributed by atoms with Gasteiger partial charge in [-0.3, -0.25) is 9.69 Å². The summed E-state index contributed by atoms with van der Waals surface area (Å²) in [4.78, 5) is 22.9. The Kier molecular flexibility index (Phi) is 7.82. The molecule has 1 amide bonds. The van der Waals surface area contributed by atoms with Gasteiger partial charge in [-0.25, -0.2) is 9.37 Å². The van der Waals surface area contributed by atoms with E-state index in [1.165, 1.54) is 36.5 Å². The number of carbonyl (C=O) groups is 1. The smallest absolute Gasteiger partial charge is 0.252 e. The minimum Gasteiger partial charge on any atom is -0.351 e. The van der Waals surface area contributed by atoms with Gasteiger partial charge in [0.15, 0.2) is 0 Å². The molecule has 0 bridgehead atoms. The highest BCUT2D eigenvalue weighted by Gasteiger charge is 2.20. The van der Waals surface area contributed by atoms with Crippen LogP contribution in [0.1, 0.15) is 15.9 Å². The van der Waals surface area contributed by atoms with Crippen LogP contribution in [0, 0.1) is 5.82 Å². The van der Waals surface area contributed by atoms with Crippen molar-refractivity contribution in [2.75, 3.05) is 50.4 Å². The van der Waals surface area contributed by atoms with Gasteiger partial charge < -0.3 is 10.2 Å². The molecule has 5 rings (SSSR count). The molecule has 1 N–H and O–H groups in total. The van der Waals surface area contributed by atoms with E-state index in [0.29, 0.717) is 23.0 Å². The average molecular weight is 509 g/mol. The molecule has 0 spiro atoms. The van der Waals surface area contributed by atoms with Crippen molar-refractivity contribution < 1.29 is 9.18 Å². The van der Waals surface area contributed by atoms with E-state index in [-0.39, 0.29) is 11.7 Å². The van der Waals surface area contributed by atoms with Gasteiger partial charge in [-0.05, 0) is 48.6 Å². The first-order valence-electron chi connectivity index (χ1n) is 12.6. The second kappa shape index (κ2) is 11.2. The Balaban J connectivity index is 1.35. The second-order valence-electron chi connectivity index (χ2n) is 9.75. The number of nitrogens with zero attached hydrogens (tertiary/aromatic N) is 3. The van der Waals surface area contributed by atoms with Gasteiger partial charge in [0.25, 0.3) is 5.91 Å². The fourth-order valence-electron chi connectivity index (χ4n) is 4.99. The van der Waals surface area contributed by atoms with E-state index < -0.39 is 8.80 Å². The number of hydrogen-bond donors (Lipinski definition) is 1. The average Bonchev–Trinajstić information content (AvgIpc) is 3.28. The van der Waals surface area contributed by atoms with Crippen LogP contribution in [-0.4, -0.2) is 79.9 Å². The summed E-state index contributed by atoms with van der Waals surface area (Å²) in [7, 11) is -0.520. The highest BCUT2D eigenvalue weighted by molar-refractivity contribution is 7.99. The minimum atomic E-state index is -0.520. The maximum absolute atomic E-state index is 14.1. The first-order valence-corrected chi connectivity index (χ1v) is 16.5. The summed E-state index contributed by atoms with van der Waals surface area (Å²) in [5.74, 6) is 1.74. The van der Waals surface area contributed by atoms with Crippen LogP contribution in [0.25, 0.3) is 22.2 Å². The molecule has 3 heterocycles. The molecule has 2 saturated heterocycles. The number of fused-ring (bicyclic) bond motifs is 1. The number of amides is 1. The first-order chi connectivity index (χ1) is 17.0. The number of nitrogens with one attached hydrogen (secondary N) is 1. The third-order valence-corrected chi connectivity index (χ3v) is 10.3. The lowest BCUT2D eigenvalue weighted by molar-refractivity contribution is 0.0950. The maximum Gasteiger partial charge on any atom is 0.252 e. The Labute approximate surface area is 212 Å². The van der Waals surface area contributed by atoms with Crippen LogP contribution in [0.5, 0.6) is 0 Å². The number of thioether (sulfide) groups is 1. The van der Waals surface area contributed by atoms with E-state index in [4.69, 9.17) is 4.98 Å². The Morgan fingerprint density at radius 3 is 2.63 bits per heavy atom. The van der Waals surface area contributed by atoms with Crippen LogP contribution in [-0.2, 0) is 6.54 Å². The number of halogens is 1. The lowest BCUT2D eigenvalue weighted by Gasteiger charge is -2.26. The van der Waals surface area contributed by atoms with Crippen LogP contribution in [0.2, 0.25) is 12.6 Å². The summed E-state index contributed by atoms with van der Waals surface area (Å²) in [6, 6.07) is 16.2. The highest BCUT2D eigenvalue weighted by Crippen LogP contribution is 2.26. The monoisotopic (exact) mass is 508 g/mol. The predicted octanol–water partition coefficient (Wildman–Crippen LogP) is 4.03. The fourth-order valence-corrected chi connectivity index (χ4v) is 8.15. The van der Waals surface area contributed by atoms with E-state index in [1.54, 1.807) is 12.1 Å². The topological polar surface area (TPSA) is 48.5 Å². The molecule has 5 nitrogen and oxygen atoms in total. The third kappa shape index (κ3) is 6.12. The first kappa shape index (κ1) is 24.4. The lowest BCUT2D eigenvalue weighted by Crippen LogP contribution is -2.39. The zero-order valence-electron chi connectivity index (χ0n) is 20.3. The second-order valence-corrected chi connectivity index (χ2v) is 14.1. The Morgan fingerprint density at radius 1 is 1.09 bits per heavy atom. The number of carbonyl (C=O) groups excluding carboxylic acids is 1. The molecule has 0 saturated carbocycles. The van der Waals surface area contributed by atoms with E-state index in [9.17, 15) is 9.18 Å². The van der Waals surface area contributed by atoms with Crippen molar-refractivity contribution in [1.82, 2.24) is 20.1 Å². The SMILES string of the molecule is C[SiH]1CCN(Cc2ccc(-c3cc(C(=O)NCCN4CCSCC4)c4cc(F)ccc4n3)cc2)C1. The molecule has 3 aromatic rings. The summed E-state index contributed by atoms with van der Waals surface area (Å²) < 4.78 is 14.1. The quantitative estimate of drug-likeness (QED) is 0.489. The van der Waals surface area contributed by atoms with E-state index in [1.807, 2.05) is 11.8 Å². The van der Waals surface area contributed by atoms with Gasteiger partial charge >= 0.3 is 0 Å². The fraction of sp³-hybridized carbons (Fsp3) is 0.407. The molecule has 1 aromatic heterocycles. The van der Waals surface area contributed by atoms with E-state index in [2.05, 4.69) is 45.9 Å². The van der Waals surface area contributed by atoms with Crippen LogP contribution < -0.4 is 5.32 Å². The molecule has 35 heavy (non-hydrogen) atoms. The molecule has 8 heteroatoms. The van der Waals surface area contributed by atoms with Gasteiger partial charge in [-0.15, -0.1) is 0 Å². The zero-order chi connectivity index (χ0) is 24.2. The van der Waals surface area contributed by atoms with Crippen LogP contribution in [0.4, 0.5) is 4.39 Å². The highest BCUT2D eigenvalue weighted by atomic mass is 32.2. The Morgan fingerprint density at radius 2 is 1.89 bits per heavy atom. The van der Waals surface area contributed by atoms with Crippen molar-refractivity contribution in [3.63, 3.8) is 0 Å². The molecular formula is C27H33FN4OSSi. The van der Waals surface area contributed by atoms with E-state index >= 15 is 0 Å². The van der Waals surface area contributed by atoms with Gasteiger partial charge in [0.05, 0.1) is 25.6 Å². The minimum absolute atomic E-state index is 0.181. The van der Waals surface area contributed by atoms with Crippen molar-refractivity contribution in [2.24, 2.45) is 0 Å². The summed E-state index contributed by atoms with van der Waals surface area (Å²) in [6.07, 6.45) is 1.29. The molecule has 2 aromatic carbocycles. The number of rotatable bonds is 7. The van der Waals surface area contributed by atoms with Crippen molar-refractivity contribution in [2.45, 2.75) is 19.1 Å². The van der Waals surface area contributed by atoms with Crippen molar-refractivity contribution in [1.29, 1.82) is 0 Å². The molecular weight excluding hydrogens is 475 g/mol. The molecule has 2 aliphatic rings. The summed E-state index contributed by atoms with van der Waals surface area (Å²) in [5, 5.41) is 3.60. The third-order valence-electron chi connectivity index (χ3n) is 7.00. The molecule has 184 valence electrons. The number of hydrogen-bond acceptors (Lipinski definition) is 5. The molecule has 1 atom stereocenters. The summed E-state index contributed by atoms with van der Waals surface area (Å²) >= 11 is 1.97. The lowest BCUT2D eigenvalue weighted by atomic mass is 10.0. The largest absolute Gasteiger partial charge is 0.351 e. The number of aromatic nitrogens is 1. The van der Waals surface area contributed by atoms with Gasteiger partial charge in [-0.1, -0.05) is 30.8 Å². The van der Waals surface area contributed by atoms with Crippen LogP contribution >= 0.6 is 11.8 Å². The van der Waals surface area contributed by atoms with Crippen LogP contribution in [0.15, 0.2) is 48.5 Å². The normalized spacial score (nSPS) is 19.3. The van der Waals surface area contributed by atoms with Crippen LogP contribution in [0.3, 0.4) is 0 Å². The van der Waals surface area contributed by atoms with Crippen molar-refractivity contribution in [3.8, 4) is 11.3 Å². The van der Waals surface area contributed by atoms with Crippen molar-refractivity contribution in [3.05, 3.63) is 65.5 Å². The maximum atomic E-state index is 14.1. The Hall–Kier alpha value is -2.26. The number of benzene rings is 2. The molecule has 2 fully saturated rings. The molecule has 1 unspecified atom stereocenters. The van der Waals surface area contributed by atoms with Gasteiger partial charge in [0.2, 0.25) is 0 Å². The summed E-state index contributed by atoms with van der Waals surface area (Å²) in [6.45, 7) is 8.17. The molecule has 0 radical (unpaired) electrons. The molecule has 2 aliphatic heterocycles. The summed E-state index contributed by atoms with van der Waals surface area (Å²) in [5.41, 5.74) is 4.09. The van der Waals surface area contributed by atoms with Crippen molar-refractivity contribution >= 4 is 37.4 Å². The standard InChI is InChI=1S/C27H33FN4OSSi/c1-35-15-12-32(19-35)18-20-2-4-21(5-3-20)26-17-24(23-16-22(28)6-7-25(23)30-26)27(33)29-8-9-31-10-13-34-14-11-31/h2-7,16-17,35H,8-15,18-19H2,1H3,(H,29,33). The Bertz CT molecular complexity index is 1190. The van der Waals surface area contributed by atoms with Gasteiger partial charge in [0.1, 0.15) is 5.82 Å². The zero-order valence-corrected chi connectivity index (χ0v) is 22.3. The van der Waals surface area contributed by atoms with Gasteiger partial charge in [0, 0.05) is 55.2 Å².